The number of amides is 7. The zero-order valence-electron chi connectivity index (χ0n) is 38.4. The first-order valence-corrected chi connectivity index (χ1v) is 22.9. The maximum Gasteiger partial charge on any atom is 0.411 e. The van der Waals surface area contributed by atoms with Crippen LogP contribution < -0.4 is 31.7 Å². The average Bonchev–Trinajstić information content (AvgIpc) is 3.69. The Kier molecular flexibility index (Phi) is 18.8. The summed E-state index contributed by atoms with van der Waals surface area (Å²) in [6.07, 6.45) is 1.88. The number of carbonyl (C=O) groups is 8. The lowest BCUT2D eigenvalue weighted by Gasteiger charge is -2.38. The van der Waals surface area contributed by atoms with Gasteiger partial charge in [0.05, 0.1) is 5.69 Å². The third kappa shape index (κ3) is 14.7. The molecule has 6 atom stereocenters. The molecule has 378 valence electrons. The predicted octanol–water partition coefficient (Wildman–Crippen LogP) is 0.651. The van der Waals surface area contributed by atoms with Crippen molar-refractivity contribution in [1.29, 1.82) is 0 Å². The summed E-state index contributed by atoms with van der Waals surface area (Å²) in [6.45, 7) is 0.654. The number of hydrogen-bond acceptors (Lipinski definition) is 16. The molecule has 3 aromatic rings. The minimum atomic E-state index is -2.01. The number of nitrogens with two attached hydrogens (primary N) is 1. The lowest BCUT2D eigenvalue weighted by atomic mass is 9.91. The fraction of sp³-hybridized carbons (Fsp3) is 0.396. The first-order valence-electron chi connectivity index (χ1n) is 22.9. The largest absolute Gasteiger partial charge is 0.479 e. The van der Waals surface area contributed by atoms with E-state index in [0.29, 0.717) is 36.0 Å². The third-order valence-corrected chi connectivity index (χ3v) is 11.8. The molecule has 0 saturated carbocycles. The topological polar surface area (TPSA) is 339 Å². The van der Waals surface area contributed by atoms with Crippen molar-refractivity contribution in [2.24, 2.45) is 11.7 Å². The van der Waals surface area contributed by atoms with E-state index in [1.807, 2.05) is 6.07 Å². The van der Waals surface area contributed by atoms with E-state index < -0.39 is 72.4 Å². The molecular weight excluding hydrogens is 929 g/mol. The zero-order chi connectivity index (χ0) is 51.0. The molecule has 10 N–H and O–H groups in total. The second kappa shape index (κ2) is 25.3. The van der Waals surface area contributed by atoms with Crippen molar-refractivity contribution in [3.05, 3.63) is 102 Å². The van der Waals surface area contributed by atoms with Gasteiger partial charge in [0.1, 0.15) is 36.7 Å². The molecule has 2 fully saturated rings. The SMILES string of the molecule is NCC(C(=O)NCCC(=O)Nc1cc(COC(=O)Nc2cccc(C(=O)N3CCC(CCCCNC(=O)/C=C/c4cccnc4)CC3)c2)ccc1O[C@@H]1O[C@H](C(=O)O)[C@@H](O)[C@H](O)[C@H]1O)N1C(=O)C=CC1=O. The number of aromatic nitrogens is 1. The van der Waals surface area contributed by atoms with Crippen LogP contribution in [0.3, 0.4) is 0 Å². The molecule has 2 aromatic carbocycles. The molecule has 1 unspecified atom stereocenters. The van der Waals surface area contributed by atoms with Gasteiger partial charge in [-0.15, -0.1) is 0 Å². The molecular formula is C48H56N8O15. The van der Waals surface area contributed by atoms with Crippen molar-refractivity contribution in [1.82, 2.24) is 25.4 Å². The normalized spacial score (nSPS) is 20.6. The third-order valence-electron chi connectivity index (χ3n) is 11.8. The van der Waals surface area contributed by atoms with Gasteiger partial charge in [-0.05, 0) is 78.8 Å². The van der Waals surface area contributed by atoms with Crippen LogP contribution in [0.15, 0.2) is 85.2 Å². The number of carboxylic acids is 1. The van der Waals surface area contributed by atoms with Gasteiger partial charge in [0, 0.05) is 81.0 Å². The average molecular weight is 985 g/mol. The molecule has 6 rings (SSSR count). The number of piperidine rings is 1. The maximum absolute atomic E-state index is 13.5. The summed E-state index contributed by atoms with van der Waals surface area (Å²) < 4.78 is 16.4. The van der Waals surface area contributed by atoms with Gasteiger partial charge in [-0.2, -0.15) is 0 Å². The Balaban J connectivity index is 0.995. The number of anilines is 2. The summed E-state index contributed by atoms with van der Waals surface area (Å²) in [7, 11) is 0. The number of benzene rings is 2. The van der Waals surface area contributed by atoms with Crippen molar-refractivity contribution in [2.75, 3.05) is 43.4 Å². The molecule has 23 nitrogen and oxygen atoms in total. The quantitative estimate of drug-likeness (QED) is 0.0402. The van der Waals surface area contributed by atoms with E-state index in [1.54, 1.807) is 47.6 Å². The standard InChI is InChI=1S/C48H56N8O15/c49-25-34(56-38(59)13-14-39(56)60)44(64)52-20-15-37(58)54-33-23-30(9-11-35(33)70-47-42(63)40(61)41(62)43(71-47)46(66)67)27-69-48(68)53-32-8-3-7-31(24-32)45(65)55-21-16-28(17-22-55)5-1-2-19-51-36(57)12-10-29-6-4-18-50-26-29/h3-4,6-14,18,23-24,26,28,34,40-43,47,61-63H,1-2,5,15-17,19-22,25,27,49H2,(H,51,57)(H,52,64)(H,53,68)(H,54,58)(H,66,67)/b12-10+/t34?,40-,41-,42+,43-,47+/m0/s1. The number of rotatable bonds is 21. The Bertz CT molecular complexity index is 2460. The minimum Gasteiger partial charge on any atom is -0.479 e. The summed E-state index contributed by atoms with van der Waals surface area (Å²) in [4.78, 5) is 107. The van der Waals surface area contributed by atoms with Gasteiger partial charge in [-0.3, -0.25) is 44.0 Å². The first-order chi connectivity index (χ1) is 34.1. The number of hydrogen-bond donors (Lipinski definition) is 9. The first kappa shape index (κ1) is 52.8. The molecule has 0 spiro atoms. The highest BCUT2D eigenvalue weighted by atomic mass is 16.7. The van der Waals surface area contributed by atoms with Gasteiger partial charge in [0.25, 0.3) is 17.7 Å². The fourth-order valence-corrected chi connectivity index (χ4v) is 7.94. The fourth-order valence-electron chi connectivity index (χ4n) is 7.94. The molecule has 1 aromatic heterocycles. The number of unbranched alkanes of at least 4 members (excludes halogenated alkanes) is 1. The smallest absolute Gasteiger partial charge is 0.411 e. The number of imide groups is 1. The second-order valence-electron chi connectivity index (χ2n) is 16.8. The number of aliphatic hydroxyl groups is 3. The molecule has 71 heavy (non-hydrogen) atoms. The van der Waals surface area contributed by atoms with E-state index in [4.69, 9.17) is 19.9 Å². The number of nitrogens with zero attached hydrogens (tertiary/aromatic N) is 3. The maximum atomic E-state index is 13.5. The van der Waals surface area contributed by atoms with Crippen molar-refractivity contribution in [3.63, 3.8) is 0 Å². The van der Waals surface area contributed by atoms with E-state index in [2.05, 4.69) is 26.3 Å². The van der Waals surface area contributed by atoms with E-state index in [1.165, 1.54) is 30.3 Å². The van der Waals surface area contributed by atoms with E-state index in [-0.39, 0.29) is 60.6 Å². The number of carbonyl (C=O) groups excluding carboxylic acids is 7. The Morgan fingerprint density at radius 3 is 2.35 bits per heavy atom. The Hall–Kier alpha value is -7.57. The molecule has 2 saturated heterocycles. The van der Waals surface area contributed by atoms with Crippen molar-refractivity contribution in [3.8, 4) is 5.75 Å². The van der Waals surface area contributed by atoms with Gasteiger partial charge in [0.2, 0.25) is 24.0 Å². The van der Waals surface area contributed by atoms with E-state index in [9.17, 15) is 58.8 Å². The number of ether oxygens (including phenoxy) is 3. The van der Waals surface area contributed by atoms with Crippen molar-refractivity contribution < 1.29 is 73.0 Å². The van der Waals surface area contributed by atoms with Crippen LogP contribution in [0.25, 0.3) is 6.08 Å². The van der Waals surface area contributed by atoms with Crippen LogP contribution in [0.5, 0.6) is 5.75 Å². The van der Waals surface area contributed by atoms with Gasteiger partial charge in [0.15, 0.2) is 6.10 Å². The van der Waals surface area contributed by atoms with E-state index in [0.717, 1.165) is 49.8 Å². The molecule has 3 aliphatic heterocycles. The van der Waals surface area contributed by atoms with Crippen LogP contribution in [0.2, 0.25) is 0 Å². The highest BCUT2D eigenvalue weighted by Gasteiger charge is 2.48. The van der Waals surface area contributed by atoms with Gasteiger partial charge in [-0.25, -0.2) is 9.59 Å². The van der Waals surface area contributed by atoms with Crippen molar-refractivity contribution >= 4 is 65.0 Å². The number of likely N-dealkylation sites (tertiary alicyclic amines) is 1. The van der Waals surface area contributed by atoms with Crippen LogP contribution in [0, 0.1) is 5.92 Å². The van der Waals surface area contributed by atoms with Crippen LogP contribution >= 0.6 is 0 Å². The summed E-state index contributed by atoms with van der Waals surface area (Å²) >= 11 is 0. The second-order valence-corrected chi connectivity index (χ2v) is 16.8. The highest BCUT2D eigenvalue weighted by molar-refractivity contribution is 6.15. The van der Waals surface area contributed by atoms with Gasteiger partial charge >= 0.3 is 12.1 Å². The van der Waals surface area contributed by atoms with Crippen LogP contribution in [0.4, 0.5) is 16.2 Å². The molecule has 23 heteroatoms. The Morgan fingerprint density at radius 1 is 0.887 bits per heavy atom. The number of carboxylic acid groups (broad SMARTS) is 1. The molecule has 4 heterocycles. The summed E-state index contributed by atoms with van der Waals surface area (Å²) in [5.41, 5.74) is 7.31. The molecule has 7 amide bonds. The lowest BCUT2D eigenvalue weighted by molar-refractivity contribution is -0.271. The Labute approximate surface area is 407 Å². The van der Waals surface area contributed by atoms with Crippen LogP contribution in [0.1, 0.15) is 60.0 Å². The van der Waals surface area contributed by atoms with Crippen molar-refractivity contribution in [2.45, 2.75) is 81.9 Å². The number of pyridine rings is 1. The number of aliphatic hydroxyl groups excluding tert-OH is 3. The minimum absolute atomic E-state index is 0.118. The highest BCUT2D eigenvalue weighted by Crippen LogP contribution is 2.32. The summed E-state index contributed by atoms with van der Waals surface area (Å²) in [5, 5.41) is 51.0. The summed E-state index contributed by atoms with van der Waals surface area (Å²) in [5.74, 6) is -4.76. The molecule has 3 aliphatic rings. The molecule has 0 aliphatic carbocycles. The van der Waals surface area contributed by atoms with Gasteiger partial charge < -0.3 is 61.2 Å². The molecule has 0 bridgehead atoms. The predicted molar refractivity (Wildman–Crippen MR) is 250 cm³/mol. The number of nitrogens with one attached hydrogen (secondary N) is 4. The summed E-state index contributed by atoms with van der Waals surface area (Å²) in [6, 6.07) is 12.7. The Morgan fingerprint density at radius 2 is 1.65 bits per heavy atom. The van der Waals surface area contributed by atoms with Crippen LogP contribution in [-0.2, 0) is 44.8 Å². The lowest BCUT2D eigenvalue weighted by Crippen LogP contribution is -2.61. The number of aliphatic carboxylic acids is 1. The van der Waals surface area contributed by atoms with Gasteiger partial charge in [-0.1, -0.05) is 31.0 Å². The zero-order valence-corrected chi connectivity index (χ0v) is 38.4. The van der Waals surface area contributed by atoms with Crippen LogP contribution in [-0.4, -0.2) is 152 Å². The van der Waals surface area contributed by atoms with E-state index >= 15 is 0 Å². The molecule has 0 radical (unpaired) electrons. The monoisotopic (exact) mass is 984 g/mol.